The van der Waals surface area contributed by atoms with Crippen LogP contribution in [0.4, 0.5) is 0 Å². The number of aromatic nitrogens is 1. The number of carbonyl (C=O) groups excluding carboxylic acids is 1. The zero-order valence-electron chi connectivity index (χ0n) is 13.5. The van der Waals surface area contributed by atoms with Crippen molar-refractivity contribution in [2.75, 3.05) is 26.2 Å². The van der Waals surface area contributed by atoms with Crippen LogP contribution in [0.5, 0.6) is 0 Å². The molecule has 124 valence electrons. The van der Waals surface area contributed by atoms with Crippen molar-refractivity contribution in [3.8, 4) is 10.6 Å². The third-order valence-electron chi connectivity index (χ3n) is 3.64. The Morgan fingerprint density at radius 3 is 2.74 bits per heavy atom. The lowest BCUT2D eigenvalue weighted by Crippen LogP contribution is -2.35. The second-order valence-corrected chi connectivity index (χ2v) is 6.44. The molecule has 6 heteroatoms. The largest absolute Gasteiger partial charge is 0.354 e. The molecule has 1 amide bonds. The van der Waals surface area contributed by atoms with Crippen molar-refractivity contribution in [3.63, 3.8) is 0 Å². The molecule has 1 heterocycles. The topological polar surface area (TPSA) is 45.2 Å². The van der Waals surface area contributed by atoms with Gasteiger partial charge in [-0.05, 0) is 19.2 Å². The molecule has 0 saturated carbocycles. The Kier molecular flexibility index (Phi) is 7.02. The van der Waals surface area contributed by atoms with Gasteiger partial charge in [-0.3, -0.25) is 4.79 Å². The van der Waals surface area contributed by atoms with E-state index in [0.717, 1.165) is 35.9 Å². The van der Waals surface area contributed by atoms with Crippen molar-refractivity contribution in [2.45, 2.75) is 20.3 Å². The summed E-state index contributed by atoms with van der Waals surface area (Å²) in [6, 6.07) is 7.61. The molecule has 0 fully saturated rings. The van der Waals surface area contributed by atoms with Crippen LogP contribution in [0.25, 0.3) is 10.6 Å². The average Bonchev–Trinajstić information content (AvgIpc) is 3.00. The third-order valence-corrected chi connectivity index (χ3v) is 4.90. The quantitative estimate of drug-likeness (QED) is 0.792. The summed E-state index contributed by atoms with van der Waals surface area (Å²) in [6.07, 6.45) is 0.305. The molecule has 0 saturated heterocycles. The molecule has 0 atom stereocenters. The first kappa shape index (κ1) is 17.9. The molecule has 0 radical (unpaired) electrons. The van der Waals surface area contributed by atoms with Crippen LogP contribution in [-0.2, 0) is 11.2 Å². The van der Waals surface area contributed by atoms with Gasteiger partial charge in [-0.15, -0.1) is 11.3 Å². The lowest BCUT2D eigenvalue weighted by Gasteiger charge is -2.17. The van der Waals surface area contributed by atoms with Crippen LogP contribution in [0.1, 0.15) is 19.5 Å². The molecule has 0 aliphatic heterocycles. The van der Waals surface area contributed by atoms with E-state index in [2.05, 4.69) is 29.0 Å². The van der Waals surface area contributed by atoms with Crippen LogP contribution in [0, 0.1) is 0 Å². The molecule has 1 aromatic heterocycles. The van der Waals surface area contributed by atoms with Gasteiger partial charge in [0.05, 0.1) is 17.1 Å². The van der Waals surface area contributed by atoms with Crippen LogP contribution >= 0.6 is 22.9 Å². The van der Waals surface area contributed by atoms with E-state index in [4.69, 9.17) is 11.6 Å². The van der Waals surface area contributed by atoms with Crippen molar-refractivity contribution in [1.29, 1.82) is 0 Å². The molecule has 1 N–H and O–H groups in total. The highest BCUT2D eigenvalue weighted by molar-refractivity contribution is 7.13. The van der Waals surface area contributed by atoms with E-state index in [1.165, 1.54) is 11.3 Å². The highest BCUT2D eigenvalue weighted by atomic mass is 35.5. The highest BCUT2D eigenvalue weighted by Gasteiger charge is 2.11. The van der Waals surface area contributed by atoms with Crippen molar-refractivity contribution in [2.24, 2.45) is 0 Å². The summed E-state index contributed by atoms with van der Waals surface area (Å²) < 4.78 is 0. The summed E-state index contributed by atoms with van der Waals surface area (Å²) in [5.41, 5.74) is 1.69. The van der Waals surface area contributed by atoms with Crippen LogP contribution in [0.2, 0.25) is 5.02 Å². The maximum Gasteiger partial charge on any atom is 0.226 e. The number of nitrogens with one attached hydrogen (secondary N) is 1. The first-order valence-electron chi connectivity index (χ1n) is 7.82. The molecule has 0 spiro atoms. The Morgan fingerprint density at radius 1 is 1.30 bits per heavy atom. The van der Waals surface area contributed by atoms with Crippen molar-refractivity contribution >= 4 is 28.8 Å². The number of thiazole rings is 1. The second-order valence-electron chi connectivity index (χ2n) is 5.18. The number of nitrogens with zero attached hydrogens (tertiary/aromatic N) is 2. The molecule has 0 aliphatic carbocycles. The number of benzene rings is 1. The zero-order chi connectivity index (χ0) is 16.7. The number of amides is 1. The van der Waals surface area contributed by atoms with E-state index >= 15 is 0 Å². The van der Waals surface area contributed by atoms with Gasteiger partial charge in [-0.2, -0.15) is 0 Å². The number of carbonyl (C=O) groups is 1. The fourth-order valence-corrected chi connectivity index (χ4v) is 3.41. The van der Waals surface area contributed by atoms with Crippen molar-refractivity contribution in [1.82, 2.24) is 15.2 Å². The molecular weight excluding hydrogens is 330 g/mol. The SMILES string of the molecule is CCN(CC)CCNC(=O)Cc1csc(-c2ccccc2Cl)n1. The lowest BCUT2D eigenvalue weighted by molar-refractivity contribution is -0.120. The Hall–Kier alpha value is -1.43. The zero-order valence-corrected chi connectivity index (χ0v) is 15.1. The van der Waals surface area contributed by atoms with E-state index < -0.39 is 0 Å². The summed E-state index contributed by atoms with van der Waals surface area (Å²) >= 11 is 7.69. The van der Waals surface area contributed by atoms with Crippen molar-refractivity contribution < 1.29 is 4.79 Å². The monoisotopic (exact) mass is 351 g/mol. The predicted molar refractivity (Wildman–Crippen MR) is 97.1 cm³/mol. The van der Waals surface area contributed by atoms with Crippen molar-refractivity contribution in [3.05, 3.63) is 40.4 Å². The summed E-state index contributed by atoms with van der Waals surface area (Å²) in [4.78, 5) is 18.8. The first-order chi connectivity index (χ1) is 11.1. The Labute approximate surface area is 146 Å². The van der Waals surface area contributed by atoms with Crippen LogP contribution in [-0.4, -0.2) is 42.0 Å². The first-order valence-corrected chi connectivity index (χ1v) is 9.08. The average molecular weight is 352 g/mol. The molecule has 23 heavy (non-hydrogen) atoms. The highest BCUT2D eigenvalue weighted by Crippen LogP contribution is 2.30. The standard InChI is InChI=1S/C17H22ClN3OS/c1-3-21(4-2)10-9-19-16(22)11-13-12-23-17(20-13)14-7-5-6-8-15(14)18/h5-8,12H,3-4,9-11H2,1-2H3,(H,19,22). The number of hydrogen-bond acceptors (Lipinski definition) is 4. The number of hydrogen-bond donors (Lipinski definition) is 1. The third kappa shape index (κ3) is 5.30. The predicted octanol–water partition coefficient (Wildman–Crippen LogP) is 3.46. The van der Waals surface area contributed by atoms with E-state index in [1.54, 1.807) is 0 Å². The Bertz CT molecular complexity index is 640. The molecule has 0 unspecified atom stereocenters. The fraction of sp³-hybridized carbons (Fsp3) is 0.412. The van der Waals surface area contributed by atoms with Gasteiger partial charge in [0.2, 0.25) is 5.91 Å². The van der Waals surface area contributed by atoms with Gasteiger partial charge in [0.15, 0.2) is 0 Å². The molecular formula is C17H22ClN3OS. The van der Waals surface area contributed by atoms with Gasteiger partial charge in [-0.25, -0.2) is 4.98 Å². The minimum absolute atomic E-state index is 0.00756. The van der Waals surface area contributed by atoms with Gasteiger partial charge >= 0.3 is 0 Å². The molecule has 0 aliphatic rings. The van der Waals surface area contributed by atoms with Gasteiger partial charge in [0.25, 0.3) is 0 Å². The molecule has 4 nitrogen and oxygen atoms in total. The van der Waals surface area contributed by atoms with Gasteiger partial charge < -0.3 is 10.2 Å². The summed E-state index contributed by atoms with van der Waals surface area (Å²) in [5.74, 6) is 0.00756. The molecule has 2 rings (SSSR count). The van der Waals surface area contributed by atoms with E-state index in [-0.39, 0.29) is 5.91 Å². The molecule has 0 bridgehead atoms. The minimum Gasteiger partial charge on any atom is -0.354 e. The fourth-order valence-electron chi connectivity index (χ4n) is 2.27. The molecule has 1 aromatic carbocycles. The van der Waals surface area contributed by atoms with Gasteiger partial charge in [-0.1, -0.05) is 43.6 Å². The van der Waals surface area contributed by atoms with Crippen LogP contribution in [0.15, 0.2) is 29.6 Å². The minimum atomic E-state index is 0.00756. The van der Waals surface area contributed by atoms with Crippen LogP contribution < -0.4 is 5.32 Å². The van der Waals surface area contributed by atoms with Gasteiger partial charge in [0, 0.05) is 24.0 Å². The van der Waals surface area contributed by atoms with E-state index in [1.807, 2.05) is 29.6 Å². The summed E-state index contributed by atoms with van der Waals surface area (Å²) in [7, 11) is 0. The van der Waals surface area contributed by atoms with Gasteiger partial charge in [0.1, 0.15) is 5.01 Å². The van der Waals surface area contributed by atoms with Crippen LogP contribution in [0.3, 0.4) is 0 Å². The Morgan fingerprint density at radius 2 is 2.04 bits per heavy atom. The van der Waals surface area contributed by atoms with E-state index in [9.17, 15) is 4.79 Å². The number of halogens is 1. The smallest absolute Gasteiger partial charge is 0.226 e. The number of rotatable bonds is 8. The second kappa shape index (κ2) is 9.01. The maximum absolute atomic E-state index is 12.0. The maximum atomic E-state index is 12.0. The molecule has 2 aromatic rings. The number of likely N-dealkylation sites (N-methyl/N-ethyl adjacent to an activating group) is 1. The lowest BCUT2D eigenvalue weighted by atomic mass is 10.2. The van der Waals surface area contributed by atoms with E-state index in [0.29, 0.717) is 18.0 Å². The Balaban J connectivity index is 1.87. The normalized spacial score (nSPS) is 11.0. The summed E-state index contributed by atoms with van der Waals surface area (Å²) in [6.45, 7) is 7.79. The summed E-state index contributed by atoms with van der Waals surface area (Å²) in [5, 5.41) is 6.39.